The molecule has 92 valence electrons. The molecule has 0 aliphatic heterocycles. The number of carboxylic acid groups (broad SMARTS) is 1. The second kappa shape index (κ2) is 5.18. The molecule has 0 amide bonds. The third-order valence-corrected chi connectivity index (χ3v) is 2.49. The molecule has 5 heteroatoms. The summed E-state index contributed by atoms with van der Waals surface area (Å²) in [6.07, 6.45) is 1.57. The van der Waals surface area contributed by atoms with Crippen LogP contribution in [-0.2, 0) is 6.54 Å². The van der Waals surface area contributed by atoms with Crippen molar-refractivity contribution in [2.45, 2.75) is 6.54 Å². The second-order valence-electron chi connectivity index (χ2n) is 3.76. The van der Waals surface area contributed by atoms with E-state index in [2.05, 4.69) is 10.3 Å². The van der Waals surface area contributed by atoms with Crippen molar-refractivity contribution in [1.29, 1.82) is 0 Å². The number of pyridine rings is 1. The molecular weight excluding hydrogens is 232 g/mol. The molecule has 1 heterocycles. The highest BCUT2D eigenvalue weighted by Gasteiger charge is 2.03. The van der Waals surface area contributed by atoms with Gasteiger partial charge in [-0.2, -0.15) is 0 Å². The van der Waals surface area contributed by atoms with E-state index in [9.17, 15) is 9.59 Å². The molecule has 0 saturated heterocycles. The van der Waals surface area contributed by atoms with Gasteiger partial charge in [0.2, 0.25) is 0 Å². The molecule has 0 radical (unpaired) electrons. The fraction of sp³-hybridized carbons (Fsp3) is 0.0769. The third kappa shape index (κ3) is 2.76. The van der Waals surface area contributed by atoms with E-state index in [0.29, 0.717) is 17.8 Å². The number of aromatic nitrogens is 1. The molecular formula is C13H12N2O3. The van der Waals surface area contributed by atoms with Crippen LogP contribution in [0.4, 0.5) is 5.69 Å². The molecule has 0 saturated carbocycles. The van der Waals surface area contributed by atoms with Gasteiger partial charge in [-0.25, -0.2) is 4.79 Å². The lowest BCUT2D eigenvalue weighted by Crippen LogP contribution is -2.14. The van der Waals surface area contributed by atoms with Crippen LogP contribution >= 0.6 is 0 Å². The van der Waals surface area contributed by atoms with Gasteiger partial charge in [0.15, 0.2) is 0 Å². The van der Waals surface area contributed by atoms with Crippen LogP contribution in [0.2, 0.25) is 0 Å². The van der Waals surface area contributed by atoms with Crippen LogP contribution in [0.5, 0.6) is 0 Å². The van der Waals surface area contributed by atoms with Gasteiger partial charge >= 0.3 is 5.97 Å². The van der Waals surface area contributed by atoms with E-state index >= 15 is 0 Å². The zero-order valence-electron chi connectivity index (χ0n) is 9.51. The molecule has 2 rings (SSSR count). The van der Waals surface area contributed by atoms with Crippen LogP contribution in [0.3, 0.4) is 0 Å². The number of hydrogen-bond acceptors (Lipinski definition) is 3. The molecule has 2 aromatic rings. The Kier molecular flexibility index (Phi) is 3.43. The molecule has 0 atom stereocenters. The Balaban J connectivity index is 2.11. The van der Waals surface area contributed by atoms with E-state index in [1.807, 2.05) is 0 Å². The van der Waals surface area contributed by atoms with Gasteiger partial charge in [-0.15, -0.1) is 0 Å². The predicted octanol–water partition coefficient (Wildman–Crippen LogP) is 1.69. The summed E-state index contributed by atoms with van der Waals surface area (Å²) in [5.74, 6) is -0.976. The minimum absolute atomic E-state index is 0.153. The van der Waals surface area contributed by atoms with Crippen LogP contribution < -0.4 is 10.9 Å². The molecule has 0 aliphatic carbocycles. The van der Waals surface area contributed by atoms with Crippen molar-refractivity contribution in [2.24, 2.45) is 0 Å². The maximum Gasteiger partial charge on any atom is 0.335 e. The molecule has 0 aliphatic rings. The van der Waals surface area contributed by atoms with E-state index in [4.69, 9.17) is 5.11 Å². The summed E-state index contributed by atoms with van der Waals surface area (Å²) < 4.78 is 0. The fourth-order valence-electron chi connectivity index (χ4n) is 1.56. The van der Waals surface area contributed by atoms with Crippen LogP contribution in [-0.4, -0.2) is 16.1 Å². The molecule has 1 aromatic heterocycles. The average Bonchev–Trinajstić information content (AvgIpc) is 2.38. The van der Waals surface area contributed by atoms with Crippen molar-refractivity contribution in [2.75, 3.05) is 5.32 Å². The number of rotatable bonds is 4. The first-order chi connectivity index (χ1) is 8.66. The van der Waals surface area contributed by atoms with Crippen LogP contribution in [0, 0.1) is 0 Å². The zero-order chi connectivity index (χ0) is 13.0. The number of aromatic carboxylic acids is 1. The number of H-pyrrole nitrogens is 1. The number of carboxylic acids is 1. The standard InChI is InChI=1S/C13H12N2O3/c16-12-10(4-2-6-14-12)8-15-11-5-1-3-9(7-11)13(17)18/h1-7,15H,8H2,(H,14,16)(H,17,18). The molecule has 18 heavy (non-hydrogen) atoms. The minimum atomic E-state index is -0.976. The quantitative estimate of drug-likeness (QED) is 0.764. The third-order valence-electron chi connectivity index (χ3n) is 2.49. The highest BCUT2D eigenvalue weighted by atomic mass is 16.4. The summed E-state index contributed by atoms with van der Waals surface area (Å²) in [5.41, 5.74) is 1.32. The lowest BCUT2D eigenvalue weighted by Gasteiger charge is -2.06. The Labute approximate surface area is 103 Å². The van der Waals surface area contributed by atoms with Crippen molar-refractivity contribution in [1.82, 2.24) is 4.98 Å². The number of benzene rings is 1. The van der Waals surface area contributed by atoms with Gasteiger partial charge in [0.1, 0.15) is 0 Å². The van der Waals surface area contributed by atoms with Crippen LogP contribution in [0.25, 0.3) is 0 Å². The summed E-state index contributed by atoms with van der Waals surface area (Å²) in [4.78, 5) is 24.8. The predicted molar refractivity (Wildman–Crippen MR) is 67.8 cm³/mol. The zero-order valence-corrected chi connectivity index (χ0v) is 9.51. The van der Waals surface area contributed by atoms with Gasteiger partial charge < -0.3 is 15.4 Å². The topological polar surface area (TPSA) is 82.2 Å². The summed E-state index contributed by atoms with van der Waals surface area (Å²) in [6.45, 7) is 0.346. The fourth-order valence-corrected chi connectivity index (χ4v) is 1.56. The van der Waals surface area contributed by atoms with Gasteiger partial charge in [-0.3, -0.25) is 4.79 Å². The lowest BCUT2D eigenvalue weighted by molar-refractivity contribution is 0.0697. The Morgan fingerprint density at radius 3 is 2.83 bits per heavy atom. The van der Waals surface area contributed by atoms with Crippen molar-refractivity contribution >= 4 is 11.7 Å². The van der Waals surface area contributed by atoms with Crippen molar-refractivity contribution in [3.8, 4) is 0 Å². The first kappa shape index (κ1) is 11.9. The minimum Gasteiger partial charge on any atom is -0.478 e. The maximum atomic E-state index is 11.4. The number of anilines is 1. The van der Waals surface area contributed by atoms with Crippen LogP contribution in [0.15, 0.2) is 47.4 Å². The lowest BCUT2D eigenvalue weighted by atomic mass is 10.2. The van der Waals surface area contributed by atoms with Crippen LogP contribution in [0.1, 0.15) is 15.9 Å². The Morgan fingerprint density at radius 1 is 1.28 bits per heavy atom. The number of nitrogens with one attached hydrogen (secondary N) is 2. The summed E-state index contributed by atoms with van der Waals surface area (Å²) in [6, 6.07) is 9.91. The molecule has 0 spiro atoms. The Hall–Kier alpha value is -2.56. The average molecular weight is 244 g/mol. The number of aromatic amines is 1. The Morgan fingerprint density at radius 2 is 2.11 bits per heavy atom. The first-order valence-electron chi connectivity index (χ1n) is 5.40. The highest BCUT2D eigenvalue weighted by molar-refractivity contribution is 5.88. The monoisotopic (exact) mass is 244 g/mol. The van der Waals surface area contributed by atoms with E-state index in [0.717, 1.165) is 0 Å². The number of hydrogen-bond donors (Lipinski definition) is 3. The second-order valence-corrected chi connectivity index (χ2v) is 3.76. The molecule has 3 N–H and O–H groups in total. The number of carbonyl (C=O) groups is 1. The maximum absolute atomic E-state index is 11.4. The molecule has 0 unspecified atom stereocenters. The van der Waals surface area contributed by atoms with Gasteiger partial charge in [-0.1, -0.05) is 12.1 Å². The largest absolute Gasteiger partial charge is 0.478 e. The van der Waals surface area contributed by atoms with E-state index in [1.54, 1.807) is 30.5 Å². The van der Waals surface area contributed by atoms with Crippen molar-refractivity contribution < 1.29 is 9.90 Å². The molecule has 1 aromatic carbocycles. The normalized spacial score (nSPS) is 10.0. The van der Waals surface area contributed by atoms with Gasteiger partial charge in [0.25, 0.3) is 5.56 Å². The molecule has 0 fully saturated rings. The molecule has 0 bridgehead atoms. The van der Waals surface area contributed by atoms with Gasteiger partial charge in [0.05, 0.1) is 5.56 Å². The van der Waals surface area contributed by atoms with Gasteiger partial charge in [0, 0.05) is 24.0 Å². The summed E-state index contributed by atoms with van der Waals surface area (Å²) in [5, 5.41) is 11.9. The SMILES string of the molecule is O=C(O)c1cccc(NCc2ccc[nH]c2=O)c1. The van der Waals surface area contributed by atoms with E-state index in [1.165, 1.54) is 12.1 Å². The highest BCUT2D eigenvalue weighted by Crippen LogP contribution is 2.11. The Bertz CT molecular complexity index is 619. The van der Waals surface area contributed by atoms with Crippen molar-refractivity contribution in [3.05, 3.63) is 64.1 Å². The van der Waals surface area contributed by atoms with Gasteiger partial charge in [-0.05, 0) is 24.3 Å². The summed E-state index contributed by atoms with van der Waals surface area (Å²) >= 11 is 0. The van der Waals surface area contributed by atoms with E-state index < -0.39 is 5.97 Å². The van der Waals surface area contributed by atoms with Crippen molar-refractivity contribution in [3.63, 3.8) is 0 Å². The summed E-state index contributed by atoms with van der Waals surface area (Å²) in [7, 11) is 0. The first-order valence-corrected chi connectivity index (χ1v) is 5.40. The smallest absolute Gasteiger partial charge is 0.335 e. The van der Waals surface area contributed by atoms with E-state index in [-0.39, 0.29) is 11.1 Å². The molecule has 5 nitrogen and oxygen atoms in total.